The molecule has 0 radical (unpaired) electrons. The number of fused-ring (bicyclic) bond motifs is 2. The average molecular weight is 383 g/mol. The van der Waals surface area contributed by atoms with Crippen LogP contribution < -0.4 is 10.1 Å². The van der Waals surface area contributed by atoms with Gasteiger partial charge in [-0.15, -0.1) is 11.3 Å². The molecule has 0 saturated heterocycles. The van der Waals surface area contributed by atoms with Crippen molar-refractivity contribution in [3.05, 3.63) is 42.0 Å². The van der Waals surface area contributed by atoms with Gasteiger partial charge in [0.25, 0.3) is 0 Å². The van der Waals surface area contributed by atoms with Gasteiger partial charge in [-0.3, -0.25) is 4.79 Å². The number of likely N-dealkylation sites (N-methyl/N-ethyl adjacent to an activating group) is 1. The van der Waals surface area contributed by atoms with Crippen molar-refractivity contribution in [2.45, 2.75) is 19.5 Å². The van der Waals surface area contributed by atoms with Crippen molar-refractivity contribution in [2.24, 2.45) is 0 Å². The molecule has 0 saturated carbocycles. The first-order valence-corrected chi connectivity index (χ1v) is 9.69. The van der Waals surface area contributed by atoms with E-state index in [1.54, 1.807) is 29.4 Å². The maximum Gasteiger partial charge on any atom is 0.239 e. The highest BCUT2D eigenvalue weighted by Gasteiger charge is 2.25. The second kappa shape index (κ2) is 7.17. The molecule has 3 aromatic rings. The number of phenolic OH excluding ortho intramolecular Hbond substituents is 1. The summed E-state index contributed by atoms with van der Waals surface area (Å²) in [6, 6.07) is 11.3. The summed E-state index contributed by atoms with van der Waals surface area (Å²) in [4.78, 5) is 19.0. The Hall–Kier alpha value is -2.64. The fraction of sp³-hybridized carbons (Fsp3) is 0.300. The van der Waals surface area contributed by atoms with E-state index in [-0.39, 0.29) is 17.7 Å². The highest BCUT2D eigenvalue weighted by molar-refractivity contribution is 7.21. The Bertz CT molecular complexity index is 968. The van der Waals surface area contributed by atoms with Crippen molar-refractivity contribution < 1.29 is 14.6 Å². The lowest BCUT2D eigenvalue weighted by Crippen LogP contribution is -2.44. The normalized spacial score (nSPS) is 15.1. The van der Waals surface area contributed by atoms with E-state index < -0.39 is 0 Å². The number of amides is 1. The van der Waals surface area contributed by atoms with E-state index in [1.807, 2.05) is 37.3 Å². The van der Waals surface area contributed by atoms with E-state index >= 15 is 0 Å². The van der Waals surface area contributed by atoms with Gasteiger partial charge in [-0.25, -0.2) is 4.98 Å². The Labute approximate surface area is 161 Å². The van der Waals surface area contributed by atoms with Crippen LogP contribution >= 0.6 is 11.3 Å². The molecule has 1 amide bonds. The first kappa shape index (κ1) is 17.8. The van der Waals surface area contributed by atoms with Crippen molar-refractivity contribution in [3.8, 4) is 22.1 Å². The van der Waals surface area contributed by atoms with Crippen molar-refractivity contribution >= 4 is 27.5 Å². The molecule has 2 N–H and O–H groups in total. The number of ether oxygens (including phenoxy) is 1. The minimum atomic E-state index is -0.271. The summed E-state index contributed by atoms with van der Waals surface area (Å²) in [6.07, 6.45) is 0. The van der Waals surface area contributed by atoms with Gasteiger partial charge in [0, 0.05) is 17.7 Å². The molecule has 0 bridgehead atoms. The number of carbonyl (C=O) groups excluding carboxylic acids is 1. The fourth-order valence-corrected chi connectivity index (χ4v) is 4.16. The molecular weight excluding hydrogens is 362 g/mol. The van der Waals surface area contributed by atoms with E-state index in [9.17, 15) is 9.90 Å². The Balaban J connectivity index is 1.72. The van der Waals surface area contributed by atoms with Gasteiger partial charge >= 0.3 is 0 Å². The number of nitrogens with zero attached hydrogens (tertiary/aromatic N) is 2. The fourth-order valence-electron chi connectivity index (χ4n) is 3.20. The third-order valence-corrected chi connectivity index (χ3v) is 5.86. The average Bonchev–Trinajstić information content (AvgIpc) is 2.99. The predicted molar refractivity (Wildman–Crippen MR) is 106 cm³/mol. The molecule has 1 aromatic heterocycles. The van der Waals surface area contributed by atoms with Gasteiger partial charge in [0.1, 0.15) is 11.6 Å². The lowest BCUT2D eigenvalue weighted by molar-refractivity contribution is -0.133. The molecule has 4 rings (SSSR count). The number of aromatic hydroxyl groups is 1. The quantitative estimate of drug-likeness (QED) is 0.727. The molecule has 1 aliphatic heterocycles. The lowest BCUT2D eigenvalue weighted by atomic mass is 10.1. The molecule has 7 heteroatoms. The highest BCUT2D eigenvalue weighted by Crippen LogP contribution is 2.39. The van der Waals surface area contributed by atoms with Crippen molar-refractivity contribution in [3.63, 3.8) is 0 Å². The van der Waals surface area contributed by atoms with Crippen LogP contribution in [0.1, 0.15) is 12.5 Å². The Morgan fingerprint density at radius 2 is 2.19 bits per heavy atom. The van der Waals surface area contributed by atoms with E-state index in [1.165, 1.54) is 0 Å². The van der Waals surface area contributed by atoms with Gasteiger partial charge in [-0.2, -0.15) is 0 Å². The largest absolute Gasteiger partial charge is 0.504 e. The van der Waals surface area contributed by atoms with Crippen LogP contribution in [-0.2, 0) is 11.3 Å². The monoisotopic (exact) mass is 383 g/mol. The van der Waals surface area contributed by atoms with Gasteiger partial charge in [-0.05, 0) is 38.2 Å². The topological polar surface area (TPSA) is 74.7 Å². The molecule has 27 heavy (non-hydrogen) atoms. The molecule has 0 aliphatic carbocycles. The first-order chi connectivity index (χ1) is 13.1. The summed E-state index contributed by atoms with van der Waals surface area (Å²) in [6.45, 7) is 3.06. The van der Waals surface area contributed by atoms with E-state index in [4.69, 9.17) is 4.74 Å². The van der Waals surface area contributed by atoms with Gasteiger partial charge in [0.2, 0.25) is 5.91 Å². The summed E-state index contributed by atoms with van der Waals surface area (Å²) in [7, 11) is 1.77. The summed E-state index contributed by atoms with van der Waals surface area (Å²) < 4.78 is 6.84. The van der Waals surface area contributed by atoms with Crippen LogP contribution in [0.25, 0.3) is 20.8 Å². The smallest absolute Gasteiger partial charge is 0.239 e. The van der Waals surface area contributed by atoms with Gasteiger partial charge < -0.3 is 20.1 Å². The maximum absolute atomic E-state index is 12.6. The van der Waals surface area contributed by atoms with Gasteiger partial charge in [0.05, 0.1) is 22.8 Å². The van der Waals surface area contributed by atoms with Crippen LogP contribution in [-0.4, -0.2) is 47.1 Å². The molecule has 0 unspecified atom stereocenters. The molecule has 2 aromatic carbocycles. The number of hydrogen-bond donors (Lipinski definition) is 2. The van der Waals surface area contributed by atoms with Crippen LogP contribution in [0.15, 0.2) is 36.4 Å². The van der Waals surface area contributed by atoms with Crippen molar-refractivity contribution in [2.75, 3.05) is 20.2 Å². The van der Waals surface area contributed by atoms with Gasteiger partial charge in [0.15, 0.2) is 11.5 Å². The third-order valence-electron chi connectivity index (χ3n) is 4.77. The molecule has 2 heterocycles. The zero-order chi connectivity index (χ0) is 19.0. The third kappa shape index (κ3) is 3.36. The minimum Gasteiger partial charge on any atom is -0.504 e. The molecule has 0 spiro atoms. The zero-order valence-corrected chi connectivity index (χ0v) is 16.0. The molecule has 140 valence electrons. The molecular formula is C20H21N3O3S. The minimum absolute atomic E-state index is 0.0128. The summed E-state index contributed by atoms with van der Waals surface area (Å²) >= 11 is 1.58. The highest BCUT2D eigenvalue weighted by atomic mass is 32.1. The molecule has 1 atom stereocenters. The number of carbonyl (C=O) groups is 1. The number of nitrogens with one attached hydrogen (secondary N) is 1. The molecule has 1 aliphatic rings. The van der Waals surface area contributed by atoms with Crippen molar-refractivity contribution in [1.82, 2.24) is 15.2 Å². The van der Waals surface area contributed by atoms with E-state index in [0.717, 1.165) is 26.4 Å². The van der Waals surface area contributed by atoms with Crippen LogP contribution in [0.2, 0.25) is 0 Å². The Morgan fingerprint density at radius 3 is 2.96 bits per heavy atom. The van der Waals surface area contributed by atoms with Crippen LogP contribution in [0.4, 0.5) is 0 Å². The van der Waals surface area contributed by atoms with Crippen LogP contribution in [0.3, 0.4) is 0 Å². The SMILES string of the molecule is CN[C@@H](C)C(=O)N1CCOc2c(O)cc(-c3nc4ccccc4s3)cc2C1. The maximum atomic E-state index is 12.6. The predicted octanol–water partition coefficient (Wildman–Crippen LogP) is 3.00. The number of hydrogen-bond acceptors (Lipinski definition) is 6. The second-order valence-electron chi connectivity index (χ2n) is 6.59. The number of thiazole rings is 1. The number of para-hydroxylation sites is 1. The second-order valence-corrected chi connectivity index (χ2v) is 7.62. The van der Waals surface area contributed by atoms with Crippen LogP contribution in [0.5, 0.6) is 11.5 Å². The van der Waals surface area contributed by atoms with Crippen LogP contribution in [0, 0.1) is 0 Å². The summed E-state index contributed by atoms with van der Waals surface area (Å²) in [5.41, 5.74) is 2.55. The first-order valence-electron chi connectivity index (χ1n) is 8.87. The Kier molecular flexibility index (Phi) is 4.72. The molecule has 6 nitrogen and oxygen atoms in total. The van der Waals surface area contributed by atoms with Gasteiger partial charge in [-0.1, -0.05) is 12.1 Å². The number of phenols is 1. The number of benzene rings is 2. The number of rotatable bonds is 3. The van der Waals surface area contributed by atoms with E-state index in [2.05, 4.69) is 10.3 Å². The lowest BCUT2D eigenvalue weighted by Gasteiger charge is -2.23. The van der Waals surface area contributed by atoms with E-state index in [0.29, 0.717) is 25.4 Å². The summed E-state index contributed by atoms with van der Waals surface area (Å²) in [5, 5.41) is 14.3. The number of aromatic nitrogens is 1. The summed E-state index contributed by atoms with van der Waals surface area (Å²) in [5.74, 6) is 0.545. The Morgan fingerprint density at radius 1 is 1.37 bits per heavy atom. The molecule has 0 fully saturated rings. The zero-order valence-electron chi connectivity index (χ0n) is 15.2. The van der Waals surface area contributed by atoms with Crippen molar-refractivity contribution in [1.29, 1.82) is 0 Å². The standard InChI is InChI=1S/C20H21N3O3S/c1-12(21-2)20(25)23-7-8-26-18-14(11-23)9-13(10-16(18)24)19-22-15-5-3-4-6-17(15)27-19/h3-6,9-10,12,21,24H,7-8,11H2,1-2H3/t12-/m0/s1.